The smallest absolute Gasteiger partial charge is 0.187 e. The summed E-state index contributed by atoms with van der Waals surface area (Å²) in [6.07, 6.45) is 3.09. The van der Waals surface area contributed by atoms with Gasteiger partial charge in [0.2, 0.25) is 0 Å². The molecule has 8 heteroatoms. The fourth-order valence-corrected chi connectivity index (χ4v) is 4.66. The molecule has 1 saturated heterocycles. The average Bonchev–Trinajstić information content (AvgIpc) is 3.22. The lowest BCUT2D eigenvalue weighted by Gasteiger charge is -2.40. The molecule has 0 saturated carbocycles. The molecule has 4 N–H and O–H groups in total. The van der Waals surface area contributed by atoms with Gasteiger partial charge in [-0.1, -0.05) is 18.3 Å². The van der Waals surface area contributed by atoms with E-state index in [0.717, 1.165) is 46.8 Å². The Balaban J connectivity index is 0.00000259. The van der Waals surface area contributed by atoms with Crippen molar-refractivity contribution in [1.29, 1.82) is 0 Å². The highest BCUT2D eigenvalue weighted by molar-refractivity contribution is 5.56. The minimum absolute atomic E-state index is 0. The molecule has 0 amide bonds. The summed E-state index contributed by atoms with van der Waals surface area (Å²) in [6, 6.07) is 9.73. The second-order valence-electron chi connectivity index (χ2n) is 8.87. The van der Waals surface area contributed by atoms with Gasteiger partial charge in [-0.2, -0.15) is 0 Å². The highest BCUT2D eigenvalue weighted by atomic mass is 17.0. The zero-order valence-corrected chi connectivity index (χ0v) is 19.4. The van der Waals surface area contributed by atoms with Crippen LogP contribution in [0.1, 0.15) is 50.0 Å². The number of benzene rings is 2. The Hall–Kier alpha value is -2.78. The highest BCUT2D eigenvalue weighted by Gasteiger charge is 2.56. The standard InChI is InChI=1S/C25H29NO6.H3N/c1-5-13-28-21-14-16(27-6-2)7-9-19(21)25-15-29-22-17-11-12-24(3,4)30-20(17)10-8-18(22)23(25)31-26-32-25;/h5,7-10,14,23,26H,1,6,11-13,15H2,2-4H3;1H3. The van der Waals surface area contributed by atoms with E-state index in [0.29, 0.717) is 19.0 Å². The van der Waals surface area contributed by atoms with Gasteiger partial charge in [-0.15, -0.1) is 0 Å². The minimum Gasteiger partial charge on any atom is -0.494 e. The Morgan fingerprint density at radius 1 is 1.21 bits per heavy atom. The van der Waals surface area contributed by atoms with Gasteiger partial charge in [0.25, 0.3) is 0 Å². The molecule has 0 bridgehead atoms. The third-order valence-corrected chi connectivity index (χ3v) is 6.21. The molecular weight excluding hydrogens is 424 g/mol. The quantitative estimate of drug-likeness (QED) is 0.603. The van der Waals surface area contributed by atoms with E-state index in [9.17, 15) is 0 Å². The highest BCUT2D eigenvalue weighted by Crippen LogP contribution is 2.55. The molecule has 2 aromatic rings. The molecule has 33 heavy (non-hydrogen) atoms. The fourth-order valence-electron chi connectivity index (χ4n) is 4.66. The molecule has 2 atom stereocenters. The maximum atomic E-state index is 6.37. The summed E-state index contributed by atoms with van der Waals surface area (Å²) in [5, 5.41) is 0. The van der Waals surface area contributed by atoms with Crippen molar-refractivity contribution < 1.29 is 28.6 Å². The summed E-state index contributed by atoms with van der Waals surface area (Å²) in [5.74, 6) is 3.06. The van der Waals surface area contributed by atoms with Gasteiger partial charge in [-0.25, -0.2) is 0 Å². The van der Waals surface area contributed by atoms with Crippen LogP contribution < -0.4 is 30.7 Å². The second kappa shape index (κ2) is 8.87. The lowest BCUT2D eigenvalue weighted by atomic mass is 9.80. The van der Waals surface area contributed by atoms with Gasteiger partial charge in [-0.3, -0.25) is 9.68 Å². The Kier molecular flexibility index (Phi) is 6.28. The van der Waals surface area contributed by atoms with Crippen molar-refractivity contribution in [3.63, 3.8) is 0 Å². The fraction of sp³-hybridized carbons (Fsp3) is 0.440. The van der Waals surface area contributed by atoms with Crippen molar-refractivity contribution >= 4 is 0 Å². The molecule has 1 fully saturated rings. The molecule has 3 heterocycles. The van der Waals surface area contributed by atoms with Gasteiger partial charge in [0.1, 0.15) is 47.9 Å². The van der Waals surface area contributed by atoms with Crippen molar-refractivity contribution in [2.45, 2.75) is 50.9 Å². The van der Waals surface area contributed by atoms with Gasteiger partial charge in [0.05, 0.1) is 6.61 Å². The molecule has 0 radical (unpaired) electrons. The number of hydrogen-bond acceptors (Lipinski definition) is 8. The summed E-state index contributed by atoms with van der Waals surface area (Å²) in [5.41, 5.74) is 4.36. The van der Waals surface area contributed by atoms with Gasteiger partial charge in [0, 0.05) is 22.8 Å². The molecule has 8 nitrogen and oxygen atoms in total. The van der Waals surface area contributed by atoms with Gasteiger partial charge in [0.15, 0.2) is 5.60 Å². The van der Waals surface area contributed by atoms with E-state index in [4.69, 9.17) is 28.6 Å². The molecule has 0 spiro atoms. The topological polar surface area (TPSA) is 102 Å². The number of ether oxygens (including phenoxy) is 4. The van der Waals surface area contributed by atoms with Crippen LogP contribution in [0.5, 0.6) is 23.0 Å². The summed E-state index contributed by atoms with van der Waals surface area (Å²) >= 11 is 0. The van der Waals surface area contributed by atoms with Crippen LogP contribution in [0, 0.1) is 0 Å². The summed E-state index contributed by atoms with van der Waals surface area (Å²) in [4.78, 5) is 11.9. The SMILES string of the molecule is C=CCOc1cc(OCC)ccc1C12COc3c(ccc4c3CCC(C)(C)O4)C1ONO2.N. The molecule has 3 aliphatic rings. The van der Waals surface area contributed by atoms with E-state index in [1.54, 1.807) is 6.08 Å². The Morgan fingerprint density at radius 3 is 2.85 bits per heavy atom. The first-order valence-electron chi connectivity index (χ1n) is 11.0. The third kappa shape index (κ3) is 3.93. The number of nitrogens with one attached hydrogen (secondary N) is 1. The lowest BCUT2D eigenvalue weighted by Crippen LogP contribution is -2.42. The van der Waals surface area contributed by atoms with Crippen molar-refractivity contribution in [2.75, 3.05) is 19.8 Å². The average molecular weight is 457 g/mol. The normalized spacial score (nSPS) is 24.2. The first kappa shape index (κ1) is 23.4. The van der Waals surface area contributed by atoms with Crippen LogP contribution >= 0.6 is 0 Å². The van der Waals surface area contributed by atoms with Crippen LogP contribution in [0.4, 0.5) is 0 Å². The Morgan fingerprint density at radius 2 is 2.06 bits per heavy atom. The van der Waals surface area contributed by atoms with Crippen LogP contribution in [0.15, 0.2) is 43.0 Å². The van der Waals surface area contributed by atoms with Gasteiger partial charge < -0.3 is 25.1 Å². The summed E-state index contributed by atoms with van der Waals surface area (Å²) in [7, 11) is 0. The van der Waals surface area contributed by atoms with Crippen LogP contribution in [-0.4, -0.2) is 25.4 Å². The third-order valence-electron chi connectivity index (χ3n) is 6.21. The van der Waals surface area contributed by atoms with E-state index in [1.165, 1.54) is 0 Å². The maximum absolute atomic E-state index is 6.37. The number of rotatable bonds is 6. The minimum atomic E-state index is -0.919. The molecule has 178 valence electrons. The molecular formula is C25H32N2O6. The number of fused-ring (bicyclic) bond motifs is 5. The zero-order chi connectivity index (χ0) is 22.3. The predicted octanol–water partition coefficient (Wildman–Crippen LogP) is 4.71. The van der Waals surface area contributed by atoms with E-state index in [2.05, 4.69) is 26.1 Å². The summed E-state index contributed by atoms with van der Waals surface area (Å²) in [6.45, 7) is 11.1. The van der Waals surface area contributed by atoms with E-state index in [-0.39, 0.29) is 18.4 Å². The molecule has 5 rings (SSSR count). The molecule has 0 aliphatic carbocycles. The molecule has 0 aromatic heterocycles. The first-order valence-corrected chi connectivity index (χ1v) is 11.0. The van der Waals surface area contributed by atoms with E-state index in [1.807, 2.05) is 37.3 Å². The van der Waals surface area contributed by atoms with Crippen molar-refractivity contribution in [2.24, 2.45) is 0 Å². The zero-order valence-electron chi connectivity index (χ0n) is 19.4. The first-order chi connectivity index (χ1) is 15.5. The molecule has 2 aromatic carbocycles. The largest absolute Gasteiger partial charge is 0.494 e. The monoisotopic (exact) mass is 456 g/mol. The van der Waals surface area contributed by atoms with E-state index >= 15 is 0 Å². The van der Waals surface area contributed by atoms with Gasteiger partial charge in [-0.05, 0) is 57.9 Å². The maximum Gasteiger partial charge on any atom is 0.187 e. The Bertz CT molecular complexity index is 1040. The molecule has 3 aliphatic heterocycles. The van der Waals surface area contributed by atoms with Crippen LogP contribution in [0.25, 0.3) is 0 Å². The van der Waals surface area contributed by atoms with Gasteiger partial charge >= 0.3 is 0 Å². The van der Waals surface area contributed by atoms with Crippen LogP contribution in [0.2, 0.25) is 0 Å². The van der Waals surface area contributed by atoms with Crippen LogP contribution in [0.3, 0.4) is 0 Å². The van der Waals surface area contributed by atoms with Crippen LogP contribution in [-0.2, 0) is 21.7 Å². The van der Waals surface area contributed by atoms with Crippen molar-refractivity contribution in [1.82, 2.24) is 11.8 Å². The number of hydrogen-bond donors (Lipinski definition) is 2. The van der Waals surface area contributed by atoms with Crippen molar-refractivity contribution in [3.05, 3.63) is 59.7 Å². The summed E-state index contributed by atoms with van der Waals surface area (Å²) < 4.78 is 24.2. The van der Waals surface area contributed by atoms with Crippen molar-refractivity contribution in [3.8, 4) is 23.0 Å². The lowest BCUT2D eigenvalue weighted by molar-refractivity contribution is -0.127. The second-order valence-corrected chi connectivity index (χ2v) is 8.87. The molecule has 2 unspecified atom stereocenters. The predicted molar refractivity (Wildman–Crippen MR) is 123 cm³/mol. The Labute approximate surface area is 194 Å². The van der Waals surface area contributed by atoms with E-state index < -0.39 is 11.7 Å².